The minimum absolute atomic E-state index is 0.0142. The van der Waals surface area contributed by atoms with E-state index in [2.05, 4.69) is 29.3 Å². The Morgan fingerprint density at radius 3 is 2.65 bits per heavy atom. The summed E-state index contributed by atoms with van der Waals surface area (Å²) in [6, 6.07) is 18.1. The van der Waals surface area contributed by atoms with Crippen LogP contribution < -0.4 is 11.1 Å². The Morgan fingerprint density at radius 1 is 1.14 bits per heavy atom. The number of aromatic hydroxyl groups is 1. The number of nitrogens with two attached hydrogens (primary N) is 1. The van der Waals surface area contributed by atoms with Gasteiger partial charge in [-0.05, 0) is 86.1 Å². The molecule has 2 heterocycles. The number of hydrogen-bond acceptors (Lipinski definition) is 5. The van der Waals surface area contributed by atoms with Crippen molar-refractivity contribution in [1.29, 1.82) is 0 Å². The van der Waals surface area contributed by atoms with Crippen LogP contribution >= 0.6 is 0 Å². The number of aryl methyl sites for hydroxylation is 1. The molecule has 6 nitrogen and oxygen atoms in total. The Hall–Kier alpha value is -2.93. The number of rotatable bonds is 7. The summed E-state index contributed by atoms with van der Waals surface area (Å²) >= 11 is 0. The van der Waals surface area contributed by atoms with Crippen LogP contribution in [0.1, 0.15) is 59.3 Å². The fourth-order valence-corrected chi connectivity index (χ4v) is 5.91. The Labute approximate surface area is 219 Å². The minimum atomic E-state index is -0.148. The van der Waals surface area contributed by atoms with Crippen LogP contribution in [0.5, 0.6) is 5.75 Å². The third-order valence-corrected chi connectivity index (χ3v) is 8.25. The molecule has 0 bridgehead atoms. The fourth-order valence-electron chi connectivity index (χ4n) is 5.91. The maximum Gasteiger partial charge on any atom is 0.251 e. The largest absolute Gasteiger partial charge is 0.507 e. The summed E-state index contributed by atoms with van der Waals surface area (Å²) in [5, 5.41) is 16.1. The van der Waals surface area contributed by atoms with E-state index in [0.717, 1.165) is 72.8 Å². The Bertz CT molecular complexity index is 1250. The molecule has 1 unspecified atom stereocenters. The Morgan fingerprint density at radius 2 is 1.89 bits per heavy atom. The summed E-state index contributed by atoms with van der Waals surface area (Å²) in [5.41, 5.74) is 9.71. The molecule has 1 saturated heterocycles. The van der Waals surface area contributed by atoms with Crippen molar-refractivity contribution in [2.45, 2.75) is 57.8 Å². The number of likely N-dealkylation sites (tertiary alicyclic amines) is 1. The van der Waals surface area contributed by atoms with E-state index in [1.165, 1.54) is 0 Å². The molecule has 0 spiro atoms. The number of phenolic OH excluding ortho intramolecular Hbond substituents is 1. The second kappa shape index (κ2) is 11.2. The number of ether oxygens (including phenoxy) is 1. The van der Waals surface area contributed by atoms with Crippen molar-refractivity contribution in [3.63, 3.8) is 0 Å². The molecule has 4 N–H and O–H groups in total. The number of nitrogens with one attached hydrogen (secondary N) is 1. The minimum Gasteiger partial charge on any atom is -0.507 e. The molecule has 6 heteroatoms. The zero-order chi connectivity index (χ0) is 25.9. The normalized spacial score (nSPS) is 21.5. The van der Waals surface area contributed by atoms with E-state index in [1.54, 1.807) is 0 Å². The van der Waals surface area contributed by atoms with Gasteiger partial charge in [-0.2, -0.15) is 0 Å². The van der Waals surface area contributed by atoms with Crippen molar-refractivity contribution < 1.29 is 14.6 Å². The molecule has 0 saturated carbocycles. The Balaban J connectivity index is 1.10. The first-order valence-corrected chi connectivity index (χ1v) is 13.6. The average molecular weight is 502 g/mol. The highest BCUT2D eigenvalue weighted by molar-refractivity contribution is 5.98. The first kappa shape index (κ1) is 25.7. The van der Waals surface area contributed by atoms with Gasteiger partial charge in [-0.1, -0.05) is 42.5 Å². The van der Waals surface area contributed by atoms with Crippen LogP contribution in [-0.4, -0.2) is 54.2 Å². The van der Waals surface area contributed by atoms with Gasteiger partial charge in [0.1, 0.15) is 5.75 Å². The highest BCUT2D eigenvalue weighted by Gasteiger charge is 2.35. The van der Waals surface area contributed by atoms with Gasteiger partial charge in [0, 0.05) is 36.7 Å². The number of phenols is 1. The molecule has 0 aliphatic carbocycles. The van der Waals surface area contributed by atoms with Gasteiger partial charge in [0.05, 0.1) is 12.2 Å². The van der Waals surface area contributed by atoms with Crippen LogP contribution in [0, 0.1) is 12.8 Å². The van der Waals surface area contributed by atoms with E-state index in [-0.39, 0.29) is 24.2 Å². The topological polar surface area (TPSA) is 87.8 Å². The quantitative estimate of drug-likeness (QED) is 0.436. The molecule has 2 aliphatic rings. The van der Waals surface area contributed by atoms with Gasteiger partial charge in [0.25, 0.3) is 5.91 Å². The molecule has 2 aliphatic heterocycles. The summed E-state index contributed by atoms with van der Waals surface area (Å²) in [7, 11) is 0. The maximum absolute atomic E-state index is 12.8. The standard InChI is InChI=1S/C31H39N3O3/c1-20-7-10-26-27(30(20)35)18-28(37-29(26)19-32)23-12-15-34(16-13-23)14-11-21(2)33-31(36)25-9-8-22-5-3-4-6-24(22)17-25/h3-10,17,21,23,28-29,35H,11-16,18-19,32H2,1-2H3,(H,33,36)/t21?,28-,29-/m0/s1. The molecule has 3 aromatic carbocycles. The number of nitrogens with zero attached hydrogens (tertiary/aromatic N) is 1. The van der Waals surface area contributed by atoms with Crippen molar-refractivity contribution in [3.8, 4) is 5.75 Å². The van der Waals surface area contributed by atoms with Gasteiger partial charge in [0.15, 0.2) is 0 Å². The number of fused-ring (bicyclic) bond motifs is 2. The number of carbonyl (C=O) groups excluding carboxylic acids is 1. The second-order valence-electron chi connectivity index (χ2n) is 10.8. The van der Waals surface area contributed by atoms with Crippen LogP contribution in [0.4, 0.5) is 0 Å². The lowest BCUT2D eigenvalue weighted by Crippen LogP contribution is -2.43. The molecule has 1 amide bonds. The van der Waals surface area contributed by atoms with Crippen molar-refractivity contribution in [2.24, 2.45) is 11.7 Å². The number of hydrogen-bond donors (Lipinski definition) is 3. The van der Waals surface area contributed by atoms with E-state index >= 15 is 0 Å². The smallest absolute Gasteiger partial charge is 0.251 e. The average Bonchev–Trinajstić information content (AvgIpc) is 2.93. The second-order valence-corrected chi connectivity index (χ2v) is 10.8. The zero-order valence-electron chi connectivity index (χ0n) is 22.0. The van der Waals surface area contributed by atoms with Gasteiger partial charge in [0.2, 0.25) is 0 Å². The summed E-state index contributed by atoms with van der Waals surface area (Å²) < 4.78 is 6.44. The fraction of sp³-hybridized carbons (Fsp3) is 0.452. The van der Waals surface area contributed by atoms with Gasteiger partial charge in [-0.25, -0.2) is 0 Å². The molecule has 0 radical (unpaired) electrons. The molecular weight excluding hydrogens is 462 g/mol. The summed E-state index contributed by atoms with van der Waals surface area (Å²) in [4.78, 5) is 15.3. The van der Waals surface area contributed by atoms with Gasteiger partial charge in [-0.15, -0.1) is 0 Å². The van der Waals surface area contributed by atoms with Crippen LogP contribution in [0.3, 0.4) is 0 Å². The predicted octanol–water partition coefficient (Wildman–Crippen LogP) is 4.72. The molecule has 196 valence electrons. The van der Waals surface area contributed by atoms with Gasteiger partial charge >= 0.3 is 0 Å². The first-order valence-electron chi connectivity index (χ1n) is 13.6. The van der Waals surface area contributed by atoms with Crippen molar-refractivity contribution in [3.05, 3.63) is 76.9 Å². The summed E-state index contributed by atoms with van der Waals surface area (Å²) in [6.45, 7) is 7.46. The van der Waals surface area contributed by atoms with Crippen LogP contribution in [0.2, 0.25) is 0 Å². The first-order chi connectivity index (χ1) is 17.9. The predicted molar refractivity (Wildman–Crippen MR) is 148 cm³/mol. The highest BCUT2D eigenvalue weighted by atomic mass is 16.5. The van der Waals surface area contributed by atoms with E-state index in [9.17, 15) is 9.90 Å². The van der Waals surface area contributed by atoms with E-state index in [1.807, 2.05) is 49.4 Å². The Kier molecular flexibility index (Phi) is 7.79. The van der Waals surface area contributed by atoms with Crippen molar-refractivity contribution in [1.82, 2.24) is 10.2 Å². The lowest BCUT2D eigenvalue weighted by Gasteiger charge is -2.40. The SMILES string of the molecule is Cc1ccc2c(c1O)C[C@@H](C1CCN(CCC(C)NC(=O)c3ccc4ccccc4c3)CC1)O[C@H]2CN. The van der Waals surface area contributed by atoms with Crippen LogP contribution in [0.25, 0.3) is 10.8 Å². The van der Waals surface area contributed by atoms with E-state index in [4.69, 9.17) is 10.5 Å². The summed E-state index contributed by atoms with van der Waals surface area (Å²) in [5.74, 6) is 0.851. The van der Waals surface area contributed by atoms with E-state index < -0.39 is 0 Å². The number of amides is 1. The molecule has 1 fully saturated rings. The van der Waals surface area contributed by atoms with Crippen LogP contribution in [-0.2, 0) is 11.2 Å². The molecule has 5 rings (SSSR count). The molecular formula is C31H39N3O3. The summed E-state index contributed by atoms with van der Waals surface area (Å²) in [6.07, 6.45) is 3.76. The molecule has 3 atom stereocenters. The number of piperidine rings is 1. The zero-order valence-corrected chi connectivity index (χ0v) is 22.0. The van der Waals surface area contributed by atoms with Gasteiger partial charge < -0.3 is 25.8 Å². The lowest BCUT2D eigenvalue weighted by molar-refractivity contribution is -0.0647. The number of carbonyl (C=O) groups is 1. The van der Waals surface area contributed by atoms with Gasteiger partial charge in [-0.3, -0.25) is 4.79 Å². The van der Waals surface area contributed by atoms with Crippen molar-refractivity contribution >= 4 is 16.7 Å². The number of benzene rings is 3. The lowest BCUT2D eigenvalue weighted by atomic mass is 9.83. The molecule has 0 aromatic heterocycles. The van der Waals surface area contributed by atoms with E-state index in [0.29, 0.717) is 23.8 Å². The third kappa shape index (κ3) is 5.66. The molecule has 37 heavy (non-hydrogen) atoms. The maximum atomic E-state index is 12.8. The monoisotopic (exact) mass is 501 g/mol. The highest BCUT2D eigenvalue weighted by Crippen LogP contribution is 2.40. The molecule has 3 aromatic rings. The van der Waals surface area contributed by atoms with Crippen LogP contribution in [0.15, 0.2) is 54.6 Å². The third-order valence-electron chi connectivity index (χ3n) is 8.25. The van der Waals surface area contributed by atoms with Crippen molar-refractivity contribution in [2.75, 3.05) is 26.2 Å².